The van der Waals surface area contributed by atoms with Crippen molar-refractivity contribution in [2.24, 2.45) is 0 Å². The van der Waals surface area contributed by atoms with Gasteiger partial charge in [0.05, 0.1) is 11.5 Å². The van der Waals surface area contributed by atoms with Crippen molar-refractivity contribution in [3.63, 3.8) is 0 Å². The molecular weight excluding hydrogens is 362 g/mol. The van der Waals surface area contributed by atoms with E-state index in [1.54, 1.807) is 0 Å². The third-order valence-electron chi connectivity index (χ3n) is 1.24. The normalized spacial score (nSPS) is 12.8. The van der Waals surface area contributed by atoms with Crippen LogP contribution in [0.1, 0.15) is 13.8 Å². The van der Waals surface area contributed by atoms with Gasteiger partial charge in [0.15, 0.2) is 0 Å². The van der Waals surface area contributed by atoms with E-state index >= 15 is 0 Å². The van der Waals surface area contributed by atoms with E-state index in [4.69, 9.17) is 10.2 Å². The molecule has 0 saturated carbocycles. The van der Waals surface area contributed by atoms with Crippen molar-refractivity contribution in [1.82, 2.24) is 0 Å². The molecule has 0 aliphatic carbocycles. The Hall–Kier alpha value is -1.48. The molecule has 0 aromatic rings. The Kier molecular flexibility index (Phi) is 11.0. The van der Waals surface area contributed by atoms with Crippen LogP contribution in [-0.4, -0.2) is 34.1 Å². The molecule has 2 N–H and O–H groups in total. The maximum atomic E-state index is 11.3. The molecule has 0 atom stereocenters. The second kappa shape index (κ2) is 9.45. The van der Waals surface area contributed by atoms with Crippen molar-refractivity contribution in [1.29, 1.82) is 0 Å². The van der Waals surface area contributed by atoms with Crippen LogP contribution in [0.5, 0.6) is 0 Å². The van der Waals surface area contributed by atoms with Crippen molar-refractivity contribution in [2.45, 2.75) is 26.2 Å². The molecule has 4 nitrogen and oxygen atoms in total. The Bertz CT molecular complexity index is 374. The van der Waals surface area contributed by atoms with Crippen LogP contribution >= 0.6 is 0 Å². The van der Waals surface area contributed by atoms with Crippen molar-refractivity contribution in [2.75, 3.05) is 0 Å². The molecule has 11 heteroatoms. The van der Waals surface area contributed by atoms with Crippen LogP contribution in [0.2, 0.25) is 0 Å². The average Bonchev–Trinajstić information content (AvgIpc) is 2.13. The standard InChI is InChI=1S/2C5H5F3O2.Cu/c2*1-3(9)2-4(10)5(6,7)8;/h2*2,9H,1H3;/b2*3-2+;. The van der Waals surface area contributed by atoms with Crippen LogP contribution in [0.4, 0.5) is 26.3 Å². The number of allylic oxidation sites excluding steroid dienone is 4. The van der Waals surface area contributed by atoms with Crippen LogP contribution in [0.25, 0.3) is 0 Å². The van der Waals surface area contributed by atoms with E-state index < -0.39 is 35.4 Å². The van der Waals surface area contributed by atoms with Gasteiger partial charge in [0.2, 0.25) is 0 Å². The summed E-state index contributed by atoms with van der Waals surface area (Å²) in [6.07, 6.45) is -9.52. The number of aliphatic hydroxyl groups excluding tert-OH is 2. The zero-order chi connectivity index (χ0) is 16.7. The summed E-state index contributed by atoms with van der Waals surface area (Å²) in [4.78, 5) is 19.8. The van der Waals surface area contributed by atoms with Crippen LogP contribution in [-0.2, 0) is 26.7 Å². The minimum Gasteiger partial charge on any atom is -0.512 e. The maximum absolute atomic E-state index is 11.3. The molecule has 0 unspecified atom stereocenters. The number of carbonyl (C=O) groups is 2. The van der Waals surface area contributed by atoms with Gasteiger partial charge in [-0.3, -0.25) is 9.59 Å². The van der Waals surface area contributed by atoms with Gasteiger partial charge in [-0.2, -0.15) is 26.3 Å². The topological polar surface area (TPSA) is 74.6 Å². The first-order valence-electron chi connectivity index (χ1n) is 4.64. The van der Waals surface area contributed by atoms with Crippen LogP contribution in [0.15, 0.2) is 23.7 Å². The minimum absolute atomic E-state index is 0. The van der Waals surface area contributed by atoms with Gasteiger partial charge in [-0.05, 0) is 13.8 Å². The van der Waals surface area contributed by atoms with Crippen LogP contribution < -0.4 is 0 Å². The second-order valence-corrected chi connectivity index (χ2v) is 3.30. The van der Waals surface area contributed by atoms with E-state index in [0.717, 1.165) is 13.8 Å². The van der Waals surface area contributed by atoms with E-state index in [0.29, 0.717) is 0 Å². The third kappa shape index (κ3) is 14.7. The Morgan fingerprint density at radius 1 is 0.762 bits per heavy atom. The van der Waals surface area contributed by atoms with Gasteiger partial charge >= 0.3 is 12.4 Å². The summed E-state index contributed by atoms with van der Waals surface area (Å²) < 4.78 is 67.8. The number of carbonyl (C=O) groups excluding carboxylic acids is 2. The third-order valence-corrected chi connectivity index (χ3v) is 1.24. The fraction of sp³-hybridized carbons (Fsp3) is 0.400. The van der Waals surface area contributed by atoms with Crippen molar-refractivity contribution < 1.29 is 63.2 Å². The second-order valence-electron chi connectivity index (χ2n) is 3.30. The molecule has 0 heterocycles. The average molecular weight is 372 g/mol. The van der Waals surface area contributed by atoms with Crippen LogP contribution in [0, 0.1) is 0 Å². The van der Waals surface area contributed by atoms with Gasteiger partial charge in [-0.1, -0.05) is 0 Å². The van der Waals surface area contributed by atoms with E-state index in [2.05, 4.69) is 0 Å². The first-order valence-corrected chi connectivity index (χ1v) is 4.64. The fourth-order valence-corrected chi connectivity index (χ4v) is 0.543. The number of rotatable bonds is 2. The smallest absolute Gasteiger partial charge is 0.454 e. The van der Waals surface area contributed by atoms with Gasteiger partial charge in [-0.15, -0.1) is 0 Å². The van der Waals surface area contributed by atoms with Gasteiger partial charge < -0.3 is 10.2 Å². The molecule has 0 aliphatic heterocycles. The molecular formula is C10H10CuF6O4. The number of aliphatic hydroxyl groups is 2. The predicted molar refractivity (Wildman–Crippen MR) is 54.9 cm³/mol. The van der Waals surface area contributed by atoms with Gasteiger partial charge in [0.1, 0.15) is 0 Å². The zero-order valence-corrected chi connectivity index (χ0v) is 11.4. The monoisotopic (exact) mass is 371 g/mol. The molecule has 0 fully saturated rings. The van der Waals surface area contributed by atoms with Crippen molar-refractivity contribution >= 4 is 11.6 Å². The molecule has 0 saturated heterocycles. The number of ketones is 2. The first kappa shape index (κ1) is 24.5. The van der Waals surface area contributed by atoms with E-state index in [1.165, 1.54) is 0 Å². The molecule has 0 spiro atoms. The molecule has 0 aliphatic rings. The Balaban J connectivity index is -0.000000295. The maximum Gasteiger partial charge on any atom is 0.454 e. The molecule has 1 radical (unpaired) electrons. The molecule has 127 valence electrons. The first-order chi connectivity index (χ1) is 8.67. The van der Waals surface area contributed by atoms with Crippen LogP contribution in [0.3, 0.4) is 0 Å². The summed E-state index contributed by atoms with van der Waals surface area (Å²) in [5, 5.41) is 16.5. The minimum atomic E-state index is -4.88. The van der Waals surface area contributed by atoms with Gasteiger partial charge in [0.25, 0.3) is 11.6 Å². The van der Waals surface area contributed by atoms with E-state index in [-0.39, 0.29) is 29.2 Å². The predicted octanol–water partition coefficient (Wildman–Crippen LogP) is 3.16. The summed E-state index contributed by atoms with van der Waals surface area (Å²) in [7, 11) is 0. The summed E-state index contributed by atoms with van der Waals surface area (Å²) in [6, 6.07) is 0. The summed E-state index contributed by atoms with van der Waals surface area (Å²) >= 11 is 0. The Morgan fingerprint density at radius 3 is 1.00 bits per heavy atom. The number of halogens is 6. The number of alkyl halides is 6. The summed E-state index contributed by atoms with van der Waals surface area (Å²) in [5.41, 5.74) is 0. The van der Waals surface area contributed by atoms with Gasteiger partial charge in [-0.25, -0.2) is 0 Å². The van der Waals surface area contributed by atoms with E-state index in [1.807, 2.05) is 0 Å². The molecule has 21 heavy (non-hydrogen) atoms. The Labute approximate surface area is 125 Å². The SMILES string of the molecule is C/C(O)=C\C(=O)C(F)(F)F.C/C(O)=C\C(=O)C(F)(F)F.[Cu]. The zero-order valence-electron chi connectivity index (χ0n) is 10.4. The molecule has 0 rings (SSSR count). The Morgan fingerprint density at radius 2 is 0.952 bits per heavy atom. The molecule has 0 aromatic heterocycles. The number of hydrogen-bond donors (Lipinski definition) is 2. The molecule has 0 aromatic carbocycles. The van der Waals surface area contributed by atoms with Crippen molar-refractivity contribution in [3.8, 4) is 0 Å². The molecule has 0 bridgehead atoms. The molecule has 0 amide bonds. The van der Waals surface area contributed by atoms with E-state index in [9.17, 15) is 35.9 Å². The largest absolute Gasteiger partial charge is 0.512 e. The van der Waals surface area contributed by atoms with Gasteiger partial charge in [0, 0.05) is 29.2 Å². The number of hydrogen-bond acceptors (Lipinski definition) is 4. The summed E-state index contributed by atoms with van der Waals surface area (Å²) in [5.74, 6) is -5.40. The van der Waals surface area contributed by atoms with Crippen molar-refractivity contribution in [3.05, 3.63) is 23.7 Å². The quantitative estimate of drug-likeness (QED) is 0.338. The summed E-state index contributed by atoms with van der Waals surface area (Å²) in [6.45, 7) is 1.98. The fourth-order valence-electron chi connectivity index (χ4n) is 0.543.